The van der Waals surface area contributed by atoms with Crippen molar-refractivity contribution in [3.63, 3.8) is 0 Å². The summed E-state index contributed by atoms with van der Waals surface area (Å²) in [7, 11) is -1.42. The number of hydrogen-bond acceptors (Lipinski definition) is 1. The topological polar surface area (TPSA) is 9.23 Å². The van der Waals surface area contributed by atoms with E-state index in [1.165, 1.54) is 63.5 Å². The van der Waals surface area contributed by atoms with E-state index in [9.17, 15) is 0 Å². The predicted octanol–water partition coefficient (Wildman–Crippen LogP) is 5.51. The first-order chi connectivity index (χ1) is 8.29. The third-order valence-corrected chi connectivity index (χ3v) is 9.83. The first kappa shape index (κ1) is 15.2. The van der Waals surface area contributed by atoms with Crippen molar-refractivity contribution >= 4 is 8.32 Å². The largest absolute Gasteiger partial charge is 0.417 e. The average Bonchev–Trinajstić information content (AvgIpc) is 2.37. The predicted molar refractivity (Wildman–Crippen MR) is 79.0 cm³/mol. The third-order valence-electron chi connectivity index (χ3n) is 4.29. The van der Waals surface area contributed by atoms with Gasteiger partial charge in [0.1, 0.15) is 0 Å². The fourth-order valence-corrected chi connectivity index (χ4v) is 8.93. The summed E-state index contributed by atoms with van der Waals surface area (Å²) in [6.45, 7) is 7.95. The van der Waals surface area contributed by atoms with E-state index >= 15 is 0 Å². The van der Waals surface area contributed by atoms with Gasteiger partial charge in [-0.05, 0) is 24.1 Å². The minimum atomic E-state index is -1.42. The summed E-state index contributed by atoms with van der Waals surface area (Å²) in [4.78, 5) is 0. The Labute approximate surface area is 109 Å². The molecule has 1 rings (SSSR count). The van der Waals surface area contributed by atoms with Crippen LogP contribution in [-0.4, -0.2) is 14.9 Å². The summed E-state index contributed by atoms with van der Waals surface area (Å²) in [5.41, 5.74) is 0.975. The van der Waals surface area contributed by atoms with Crippen molar-refractivity contribution in [1.82, 2.24) is 0 Å². The molecule has 1 saturated carbocycles. The van der Waals surface area contributed by atoms with Gasteiger partial charge in [-0.25, -0.2) is 0 Å². The van der Waals surface area contributed by atoms with Crippen LogP contribution in [0.15, 0.2) is 0 Å². The lowest BCUT2D eigenvalue weighted by atomic mass is 10.0. The Hall–Kier alpha value is 0.177. The van der Waals surface area contributed by atoms with Crippen LogP contribution in [0, 0.1) is 0 Å². The lowest BCUT2D eigenvalue weighted by molar-refractivity contribution is 0.275. The lowest BCUT2D eigenvalue weighted by Crippen LogP contribution is -2.44. The van der Waals surface area contributed by atoms with Crippen LogP contribution in [0.25, 0.3) is 0 Å². The molecule has 0 radical (unpaired) electrons. The number of rotatable bonds is 8. The van der Waals surface area contributed by atoms with Crippen LogP contribution >= 0.6 is 0 Å². The van der Waals surface area contributed by atoms with Gasteiger partial charge in [0.2, 0.25) is 0 Å². The van der Waals surface area contributed by atoms with E-state index < -0.39 is 8.32 Å². The maximum absolute atomic E-state index is 6.54. The quantitative estimate of drug-likeness (QED) is 0.520. The van der Waals surface area contributed by atoms with E-state index in [1.807, 2.05) is 0 Å². The van der Waals surface area contributed by atoms with Crippen LogP contribution in [0.1, 0.15) is 72.1 Å². The molecule has 1 fully saturated rings. The Morgan fingerprint density at radius 2 is 1.47 bits per heavy atom. The van der Waals surface area contributed by atoms with Crippen LogP contribution in [0.4, 0.5) is 0 Å². The van der Waals surface area contributed by atoms with E-state index in [0.717, 1.165) is 12.1 Å². The molecular formula is C15H32OSi. The minimum Gasteiger partial charge on any atom is -0.417 e. The lowest BCUT2D eigenvalue weighted by Gasteiger charge is -2.40. The highest BCUT2D eigenvalue weighted by Gasteiger charge is 2.41. The van der Waals surface area contributed by atoms with Crippen LogP contribution in [-0.2, 0) is 4.43 Å². The molecule has 102 valence electrons. The highest BCUT2D eigenvalue weighted by atomic mass is 28.4. The van der Waals surface area contributed by atoms with Crippen molar-refractivity contribution in [2.45, 2.75) is 89.8 Å². The molecule has 0 bridgehead atoms. The van der Waals surface area contributed by atoms with E-state index in [1.54, 1.807) is 0 Å². The van der Waals surface area contributed by atoms with Crippen molar-refractivity contribution < 1.29 is 4.43 Å². The zero-order chi connectivity index (χ0) is 12.6. The Morgan fingerprint density at radius 1 is 0.882 bits per heavy atom. The molecule has 2 heteroatoms. The molecule has 0 amide bonds. The summed E-state index contributed by atoms with van der Waals surface area (Å²) in [6, 6.07) is 2.82. The van der Waals surface area contributed by atoms with Crippen molar-refractivity contribution in [1.29, 1.82) is 0 Å². The fourth-order valence-electron chi connectivity index (χ4n) is 3.58. The Morgan fingerprint density at radius 3 is 1.94 bits per heavy atom. The molecule has 1 nitrogen and oxygen atoms in total. The van der Waals surface area contributed by atoms with Gasteiger partial charge in [-0.3, -0.25) is 0 Å². The summed E-state index contributed by atoms with van der Waals surface area (Å²) >= 11 is 0. The maximum Gasteiger partial charge on any atom is 0.195 e. The second-order valence-electron chi connectivity index (χ2n) is 5.75. The molecule has 1 aliphatic rings. The zero-order valence-electron chi connectivity index (χ0n) is 12.3. The fraction of sp³-hybridized carbons (Fsp3) is 1.00. The standard InChI is InChI=1S/C15H32OSi/c1-4-12-16-17(13-5-2,14-6-3)15-10-8-7-9-11-15/h15H,4-14H2,1-3H3. The average molecular weight is 257 g/mol. The van der Waals surface area contributed by atoms with Crippen molar-refractivity contribution in [3.8, 4) is 0 Å². The maximum atomic E-state index is 6.54. The normalized spacial score (nSPS) is 18.5. The Balaban J connectivity index is 2.70. The van der Waals surface area contributed by atoms with Crippen molar-refractivity contribution in [3.05, 3.63) is 0 Å². The van der Waals surface area contributed by atoms with Crippen LogP contribution in [0.5, 0.6) is 0 Å². The van der Waals surface area contributed by atoms with Crippen molar-refractivity contribution in [2.75, 3.05) is 6.61 Å². The molecule has 0 aromatic heterocycles. The first-order valence-corrected chi connectivity index (χ1v) is 10.3. The molecule has 1 aliphatic carbocycles. The van der Waals surface area contributed by atoms with E-state index in [4.69, 9.17) is 4.43 Å². The van der Waals surface area contributed by atoms with Gasteiger partial charge in [0, 0.05) is 6.61 Å². The molecule has 0 spiro atoms. The van der Waals surface area contributed by atoms with Gasteiger partial charge >= 0.3 is 0 Å². The second-order valence-corrected chi connectivity index (χ2v) is 9.98. The zero-order valence-corrected chi connectivity index (χ0v) is 13.3. The highest BCUT2D eigenvalue weighted by molar-refractivity contribution is 6.75. The van der Waals surface area contributed by atoms with Crippen LogP contribution in [0.3, 0.4) is 0 Å². The van der Waals surface area contributed by atoms with Gasteiger partial charge in [0.25, 0.3) is 0 Å². The summed E-state index contributed by atoms with van der Waals surface area (Å²) < 4.78 is 6.54. The van der Waals surface area contributed by atoms with Gasteiger partial charge in [0.05, 0.1) is 0 Å². The van der Waals surface area contributed by atoms with E-state index in [2.05, 4.69) is 20.8 Å². The SMILES string of the molecule is CCCO[Si](CCC)(CCC)C1CCCCC1. The molecule has 17 heavy (non-hydrogen) atoms. The molecule has 0 heterocycles. The van der Waals surface area contributed by atoms with Crippen molar-refractivity contribution in [2.24, 2.45) is 0 Å². The second kappa shape index (κ2) is 8.31. The van der Waals surface area contributed by atoms with E-state index in [-0.39, 0.29) is 0 Å². The Kier molecular flexibility index (Phi) is 7.45. The molecule has 0 aromatic carbocycles. The van der Waals surface area contributed by atoms with Crippen LogP contribution in [0.2, 0.25) is 17.6 Å². The van der Waals surface area contributed by atoms with Gasteiger partial charge < -0.3 is 4.43 Å². The molecule has 0 aliphatic heterocycles. The molecule has 0 unspecified atom stereocenters. The molecule has 0 atom stereocenters. The smallest absolute Gasteiger partial charge is 0.195 e. The monoisotopic (exact) mass is 256 g/mol. The van der Waals surface area contributed by atoms with Crippen LogP contribution < -0.4 is 0 Å². The van der Waals surface area contributed by atoms with Gasteiger partial charge in [-0.2, -0.15) is 0 Å². The summed E-state index contributed by atoms with van der Waals surface area (Å²) in [5.74, 6) is 0. The summed E-state index contributed by atoms with van der Waals surface area (Å²) in [6.07, 6.45) is 11.2. The van der Waals surface area contributed by atoms with Gasteiger partial charge in [0.15, 0.2) is 8.32 Å². The molecular weight excluding hydrogens is 224 g/mol. The van der Waals surface area contributed by atoms with Gasteiger partial charge in [-0.15, -0.1) is 0 Å². The minimum absolute atomic E-state index is 0.975. The molecule has 0 saturated heterocycles. The summed E-state index contributed by atoms with van der Waals surface area (Å²) in [5, 5.41) is 0. The first-order valence-electron chi connectivity index (χ1n) is 7.93. The molecule has 0 N–H and O–H groups in total. The Bertz CT molecular complexity index is 181. The van der Waals surface area contributed by atoms with E-state index in [0.29, 0.717) is 0 Å². The van der Waals surface area contributed by atoms with Gasteiger partial charge in [-0.1, -0.05) is 65.7 Å². The molecule has 0 aromatic rings. The highest BCUT2D eigenvalue weighted by Crippen LogP contribution is 2.43. The number of hydrogen-bond donors (Lipinski definition) is 0. The third kappa shape index (κ3) is 4.40.